The van der Waals surface area contributed by atoms with Gasteiger partial charge in [-0.2, -0.15) is 0 Å². The second-order valence-electron chi connectivity index (χ2n) is 5.32. The molecule has 1 saturated heterocycles. The second kappa shape index (κ2) is 6.90. The lowest BCUT2D eigenvalue weighted by Crippen LogP contribution is -2.27. The summed E-state index contributed by atoms with van der Waals surface area (Å²) in [5.41, 5.74) is 1.25. The largest absolute Gasteiger partial charge is 0.478 e. The summed E-state index contributed by atoms with van der Waals surface area (Å²) in [6, 6.07) is 11.6. The number of hydrogen-bond donors (Lipinski definition) is 1. The first kappa shape index (κ1) is 16.9. The van der Waals surface area contributed by atoms with Gasteiger partial charge < -0.3 is 5.11 Å². The predicted octanol–water partition coefficient (Wildman–Crippen LogP) is 3.76. The van der Waals surface area contributed by atoms with Gasteiger partial charge in [-0.05, 0) is 53.2 Å². The summed E-state index contributed by atoms with van der Waals surface area (Å²) in [6.07, 6.45) is 1.49. The molecule has 1 fully saturated rings. The van der Waals surface area contributed by atoms with Gasteiger partial charge in [-0.25, -0.2) is 9.18 Å². The molecule has 0 aliphatic carbocycles. The van der Waals surface area contributed by atoms with E-state index in [2.05, 4.69) is 0 Å². The van der Waals surface area contributed by atoms with Gasteiger partial charge in [0.15, 0.2) is 0 Å². The second-order valence-corrected chi connectivity index (χ2v) is 6.32. The Hall–Kier alpha value is -2.93. The Balaban J connectivity index is 1.82. The Bertz CT molecular complexity index is 892. The number of aromatic carboxylic acids is 1. The summed E-state index contributed by atoms with van der Waals surface area (Å²) in [5, 5.41) is 8.59. The molecule has 25 heavy (non-hydrogen) atoms. The summed E-state index contributed by atoms with van der Waals surface area (Å²) in [6.45, 7) is 0.0530. The predicted molar refractivity (Wildman–Crippen MR) is 91.3 cm³/mol. The average molecular weight is 357 g/mol. The Morgan fingerprint density at radius 1 is 1.16 bits per heavy atom. The van der Waals surface area contributed by atoms with Gasteiger partial charge in [0, 0.05) is 0 Å². The van der Waals surface area contributed by atoms with Crippen LogP contribution in [0.2, 0.25) is 0 Å². The van der Waals surface area contributed by atoms with Crippen LogP contribution in [0, 0.1) is 5.82 Å². The normalized spacial score (nSPS) is 15.9. The molecule has 0 aromatic heterocycles. The van der Waals surface area contributed by atoms with E-state index >= 15 is 0 Å². The lowest BCUT2D eigenvalue weighted by atomic mass is 10.1. The van der Waals surface area contributed by atoms with Gasteiger partial charge in [0.05, 0.1) is 17.0 Å². The summed E-state index contributed by atoms with van der Waals surface area (Å²) in [5.74, 6) is -1.92. The third kappa shape index (κ3) is 3.77. The summed E-state index contributed by atoms with van der Waals surface area (Å²) in [4.78, 5) is 36.8. The van der Waals surface area contributed by atoms with Crippen LogP contribution in [-0.4, -0.2) is 27.1 Å². The van der Waals surface area contributed by atoms with Gasteiger partial charge >= 0.3 is 5.97 Å². The van der Waals surface area contributed by atoms with E-state index in [1.807, 2.05) is 0 Å². The molecule has 0 bridgehead atoms. The van der Waals surface area contributed by atoms with Crippen LogP contribution in [0.3, 0.4) is 0 Å². The zero-order valence-corrected chi connectivity index (χ0v) is 13.6. The lowest BCUT2D eigenvalue weighted by molar-refractivity contribution is -0.123. The highest BCUT2D eigenvalue weighted by molar-refractivity contribution is 8.18. The highest BCUT2D eigenvalue weighted by Crippen LogP contribution is 2.33. The van der Waals surface area contributed by atoms with Gasteiger partial charge in [0.2, 0.25) is 0 Å². The third-order valence-electron chi connectivity index (χ3n) is 3.56. The number of hydrogen-bond acceptors (Lipinski definition) is 4. The molecule has 2 amide bonds. The van der Waals surface area contributed by atoms with Crippen molar-refractivity contribution in [2.75, 3.05) is 0 Å². The van der Waals surface area contributed by atoms with E-state index < -0.39 is 22.9 Å². The van der Waals surface area contributed by atoms with E-state index in [1.165, 1.54) is 42.5 Å². The fourth-order valence-corrected chi connectivity index (χ4v) is 3.16. The SMILES string of the molecule is O=C(O)c1cccc(/C=C2\SC(=O)N(Cc3ccc(F)cc3)C2=O)c1. The first-order valence-corrected chi connectivity index (χ1v) is 8.09. The van der Waals surface area contributed by atoms with Gasteiger partial charge in [0.25, 0.3) is 11.1 Å². The number of carbonyl (C=O) groups excluding carboxylic acids is 2. The van der Waals surface area contributed by atoms with Gasteiger partial charge in [-0.15, -0.1) is 0 Å². The number of halogens is 1. The highest BCUT2D eigenvalue weighted by atomic mass is 32.2. The van der Waals surface area contributed by atoms with E-state index in [9.17, 15) is 18.8 Å². The smallest absolute Gasteiger partial charge is 0.335 e. The molecule has 0 saturated carbocycles. The maximum atomic E-state index is 12.9. The van der Waals surface area contributed by atoms with E-state index in [0.717, 1.165) is 16.7 Å². The Kier molecular flexibility index (Phi) is 4.67. The zero-order valence-electron chi connectivity index (χ0n) is 12.8. The molecule has 0 atom stereocenters. The van der Waals surface area contributed by atoms with Crippen molar-refractivity contribution in [1.29, 1.82) is 0 Å². The number of benzene rings is 2. The Morgan fingerprint density at radius 3 is 2.56 bits per heavy atom. The first-order chi connectivity index (χ1) is 11.9. The van der Waals surface area contributed by atoms with Crippen molar-refractivity contribution in [2.45, 2.75) is 6.54 Å². The molecular weight excluding hydrogens is 345 g/mol. The van der Waals surface area contributed by atoms with Crippen LogP contribution in [0.5, 0.6) is 0 Å². The molecule has 1 N–H and O–H groups in total. The molecule has 1 aliphatic heterocycles. The van der Waals surface area contributed by atoms with E-state index in [0.29, 0.717) is 11.1 Å². The molecule has 1 aliphatic rings. The molecule has 1 heterocycles. The van der Waals surface area contributed by atoms with Crippen molar-refractivity contribution < 1.29 is 23.9 Å². The zero-order chi connectivity index (χ0) is 18.0. The number of carbonyl (C=O) groups is 3. The summed E-state index contributed by atoms with van der Waals surface area (Å²) < 4.78 is 12.9. The summed E-state index contributed by atoms with van der Waals surface area (Å²) >= 11 is 0.790. The van der Waals surface area contributed by atoms with Gasteiger partial charge in [-0.3, -0.25) is 14.5 Å². The average Bonchev–Trinajstić information content (AvgIpc) is 2.84. The van der Waals surface area contributed by atoms with Crippen LogP contribution < -0.4 is 0 Å². The van der Waals surface area contributed by atoms with Crippen molar-refractivity contribution in [3.8, 4) is 0 Å². The Morgan fingerprint density at radius 2 is 1.88 bits per heavy atom. The van der Waals surface area contributed by atoms with E-state index in [4.69, 9.17) is 5.11 Å². The van der Waals surface area contributed by atoms with E-state index in [-0.39, 0.29) is 17.0 Å². The molecule has 2 aromatic rings. The number of nitrogens with zero attached hydrogens (tertiary/aromatic N) is 1. The van der Waals surface area contributed by atoms with Crippen LogP contribution in [-0.2, 0) is 11.3 Å². The van der Waals surface area contributed by atoms with Crippen molar-refractivity contribution >= 4 is 35.0 Å². The topological polar surface area (TPSA) is 74.7 Å². The molecule has 126 valence electrons. The molecule has 0 radical (unpaired) electrons. The minimum atomic E-state index is -1.07. The van der Waals surface area contributed by atoms with Gasteiger partial charge in [-0.1, -0.05) is 24.3 Å². The van der Waals surface area contributed by atoms with Crippen LogP contribution in [0.15, 0.2) is 53.4 Å². The molecule has 0 unspecified atom stereocenters. The molecule has 0 spiro atoms. The molecule has 5 nitrogen and oxygen atoms in total. The number of amides is 2. The maximum Gasteiger partial charge on any atom is 0.335 e. The molecule has 2 aromatic carbocycles. The van der Waals surface area contributed by atoms with Crippen molar-refractivity contribution in [1.82, 2.24) is 4.90 Å². The van der Waals surface area contributed by atoms with Crippen molar-refractivity contribution in [2.24, 2.45) is 0 Å². The molecular formula is C18H12FNO4S. The first-order valence-electron chi connectivity index (χ1n) is 7.27. The Labute approximate surface area is 146 Å². The lowest BCUT2D eigenvalue weighted by Gasteiger charge is -2.12. The van der Waals surface area contributed by atoms with Crippen molar-refractivity contribution in [3.63, 3.8) is 0 Å². The van der Waals surface area contributed by atoms with Crippen LogP contribution in [0.25, 0.3) is 6.08 Å². The van der Waals surface area contributed by atoms with Crippen LogP contribution >= 0.6 is 11.8 Å². The number of carboxylic acid groups (broad SMARTS) is 1. The monoisotopic (exact) mass is 357 g/mol. The van der Waals surface area contributed by atoms with Gasteiger partial charge in [0.1, 0.15) is 5.82 Å². The molecule has 3 rings (SSSR count). The quantitative estimate of drug-likeness (QED) is 0.844. The minimum absolute atomic E-state index is 0.0530. The highest BCUT2D eigenvalue weighted by Gasteiger charge is 2.34. The van der Waals surface area contributed by atoms with E-state index in [1.54, 1.807) is 12.1 Å². The fraction of sp³-hybridized carbons (Fsp3) is 0.0556. The van der Waals surface area contributed by atoms with Crippen LogP contribution in [0.4, 0.5) is 9.18 Å². The maximum absolute atomic E-state index is 12.9. The number of carboxylic acids is 1. The third-order valence-corrected chi connectivity index (χ3v) is 4.47. The number of thioether (sulfide) groups is 1. The summed E-state index contributed by atoms with van der Waals surface area (Å²) in [7, 11) is 0. The van der Waals surface area contributed by atoms with Crippen molar-refractivity contribution in [3.05, 3.63) is 75.9 Å². The standard InChI is InChI=1S/C18H12FNO4S/c19-14-6-4-11(5-7-14)10-20-16(21)15(25-18(20)24)9-12-2-1-3-13(8-12)17(22)23/h1-9H,10H2,(H,22,23)/b15-9-. The van der Waals surface area contributed by atoms with Crippen LogP contribution in [0.1, 0.15) is 21.5 Å². The molecule has 7 heteroatoms. The minimum Gasteiger partial charge on any atom is -0.478 e. The number of rotatable bonds is 4. The fourth-order valence-electron chi connectivity index (χ4n) is 2.32. The number of imide groups is 1.